The van der Waals surface area contributed by atoms with E-state index < -0.39 is 0 Å². The molecule has 0 aliphatic carbocycles. The smallest absolute Gasteiger partial charge is 0.269 e. The monoisotopic (exact) mass is 485 g/mol. The van der Waals surface area contributed by atoms with E-state index in [0.29, 0.717) is 23.1 Å². The number of nitrogens with zero attached hydrogens (tertiary/aromatic N) is 2. The van der Waals surface area contributed by atoms with E-state index in [4.69, 9.17) is 4.74 Å². The predicted molar refractivity (Wildman–Crippen MR) is 116 cm³/mol. The van der Waals surface area contributed by atoms with Crippen LogP contribution in [0.5, 0.6) is 11.5 Å². The number of aromatic nitrogens is 3. The quantitative estimate of drug-likeness (QED) is 0.363. The molecule has 0 atom stereocenters. The van der Waals surface area contributed by atoms with Crippen LogP contribution in [-0.2, 0) is 0 Å². The molecule has 4 rings (SSSR count). The zero-order chi connectivity index (χ0) is 19.5. The fraction of sp³-hybridized carbons (Fsp3) is 0.0500. The standard InChI is InChI=1S/C20H16IN5O2/c1-22-19(27)18-11-15(8-9-23-18)28-14-6-7-16-17(10-14)26-20(25-16)24-13-4-2-12(21)3-5-13/h2-11H,1H3,(H,22,27)(H2,24,25,26). The van der Waals surface area contributed by atoms with Gasteiger partial charge in [-0.3, -0.25) is 9.78 Å². The normalized spacial score (nSPS) is 10.6. The van der Waals surface area contributed by atoms with Gasteiger partial charge in [0.05, 0.1) is 11.0 Å². The van der Waals surface area contributed by atoms with Crippen molar-refractivity contribution in [1.82, 2.24) is 20.3 Å². The summed E-state index contributed by atoms with van der Waals surface area (Å²) < 4.78 is 7.04. The Morgan fingerprint density at radius 3 is 2.64 bits per heavy atom. The highest BCUT2D eigenvalue weighted by Crippen LogP contribution is 2.26. The Morgan fingerprint density at radius 1 is 1.07 bits per heavy atom. The predicted octanol–water partition coefficient (Wildman–Crippen LogP) is 4.46. The molecule has 140 valence electrons. The molecule has 0 spiro atoms. The van der Waals surface area contributed by atoms with E-state index in [1.807, 2.05) is 42.5 Å². The molecule has 2 aromatic heterocycles. The number of amides is 1. The Labute approximate surface area is 174 Å². The topological polar surface area (TPSA) is 91.9 Å². The molecule has 0 saturated heterocycles. The number of H-pyrrole nitrogens is 1. The minimum Gasteiger partial charge on any atom is -0.457 e. The molecule has 1 amide bonds. The molecule has 28 heavy (non-hydrogen) atoms. The Balaban J connectivity index is 1.55. The summed E-state index contributed by atoms with van der Waals surface area (Å²) in [6.45, 7) is 0. The van der Waals surface area contributed by atoms with Crippen LogP contribution in [0.3, 0.4) is 0 Å². The van der Waals surface area contributed by atoms with Gasteiger partial charge >= 0.3 is 0 Å². The largest absolute Gasteiger partial charge is 0.457 e. The highest BCUT2D eigenvalue weighted by atomic mass is 127. The zero-order valence-electron chi connectivity index (χ0n) is 14.9. The molecule has 0 aliphatic rings. The number of aromatic amines is 1. The molecule has 0 saturated carbocycles. The van der Waals surface area contributed by atoms with Gasteiger partial charge in [-0.1, -0.05) is 0 Å². The number of rotatable bonds is 5. The molecular weight excluding hydrogens is 469 g/mol. The number of benzene rings is 2. The van der Waals surface area contributed by atoms with Crippen molar-refractivity contribution in [2.75, 3.05) is 12.4 Å². The van der Waals surface area contributed by atoms with Gasteiger partial charge in [0.25, 0.3) is 5.91 Å². The maximum Gasteiger partial charge on any atom is 0.269 e. The fourth-order valence-electron chi connectivity index (χ4n) is 2.64. The third-order valence-corrected chi connectivity index (χ3v) is 4.71. The third-order valence-electron chi connectivity index (χ3n) is 3.99. The summed E-state index contributed by atoms with van der Waals surface area (Å²) in [5.74, 6) is 1.55. The number of carbonyl (C=O) groups is 1. The number of pyridine rings is 1. The van der Waals surface area contributed by atoms with Gasteiger partial charge in [0, 0.05) is 34.6 Å². The summed E-state index contributed by atoms with van der Waals surface area (Å²) in [5, 5.41) is 5.80. The number of imidazole rings is 1. The number of hydrogen-bond donors (Lipinski definition) is 3. The van der Waals surface area contributed by atoms with Crippen molar-refractivity contribution in [3.05, 3.63) is 70.1 Å². The van der Waals surface area contributed by atoms with Crippen LogP contribution in [-0.4, -0.2) is 27.9 Å². The average Bonchev–Trinajstić information content (AvgIpc) is 3.11. The second-order valence-electron chi connectivity index (χ2n) is 5.95. The maximum atomic E-state index is 11.7. The van der Waals surface area contributed by atoms with Gasteiger partial charge in [-0.05, 0) is 65.1 Å². The second-order valence-corrected chi connectivity index (χ2v) is 7.20. The SMILES string of the molecule is CNC(=O)c1cc(Oc2ccc3nc(Nc4ccc(I)cc4)[nH]c3c2)ccn1. The van der Waals surface area contributed by atoms with Crippen LogP contribution in [0.1, 0.15) is 10.5 Å². The number of hydrogen-bond acceptors (Lipinski definition) is 5. The van der Waals surface area contributed by atoms with E-state index in [9.17, 15) is 4.79 Å². The number of carbonyl (C=O) groups excluding carboxylic acids is 1. The third kappa shape index (κ3) is 4.06. The van der Waals surface area contributed by atoms with Crippen molar-refractivity contribution in [2.45, 2.75) is 0 Å². The highest BCUT2D eigenvalue weighted by molar-refractivity contribution is 14.1. The maximum absolute atomic E-state index is 11.7. The second kappa shape index (κ2) is 7.85. The summed E-state index contributed by atoms with van der Waals surface area (Å²) in [6.07, 6.45) is 1.54. The lowest BCUT2D eigenvalue weighted by atomic mass is 10.3. The highest BCUT2D eigenvalue weighted by Gasteiger charge is 2.09. The minimum absolute atomic E-state index is 0.263. The molecule has 2 aromatic carbocycles. The van der Waals surface area contributed by atoms with Gasteiger partial charge < -0.3 is 20.4 Å². The molecule has 2 heterocycles. The minimum atomic E-state index is -0.263. The van der Waals surface area contributed by atoms with Crippen LogP contribution < -0.4 is 15.4 Å². The van der Waals surface area contributed by atoms with Gasteiger partial charge in [-0.15, -0.1) is 0 Å². The summed E-state index contributed by atoms with van der Waals surface area (Å²) in [6, 6.07) is 16.9. The van der Waals surface area contributed by atoms with Crippen molar-refractivity contribution >= 4 is 51.2 Å². The van der Waals surface area contributed by atoms with E-state index >= 15 is 0 Å². The summed E-state index contributed by atoms with van der Waals surface area (Å²) in [5.41, 5.74) is 2.91. The lowest BCUT2D eigenvalue weighted by Crippen LogP contribution is -2.18. The number of nitrogens with one attached hydrogen (secondary N) is 3. The lowest BCUT2D eigenvalue weighted by molar-refractivity contribution is 0.0958. The average molecular weight is 485 g/mol. The van der Waals surface area contributed by atoms with E-state index in [-0.39, 0.29) is 5.91 Å². The summed E-state index contributed by atoms with van der Waals surface area (Å²) >= 11 is 2.27. The van der Waals surface area contributed by atoms with Crippen LogP contribution >= 0.6 is 22.6 Å². The first-order chi connectivity index (χ1) is 13.6. The van der Waals surface area contributed by atoms with E-state index in [2.05, 4.69) is 48.2 Å². The van der Waals surface area contributed by atoms with Crippen molar-refractivity contribution in [3.8, 4) is 11.5 Å². The molecule has 0 bridgehead atoms. The van der Waals surface area contributed by atoms with Gasteiger partial charge in [-0.25, -0.2) is 4.98 Å². The molecule has 0 unspecified atom stereocenters. The number of halogens is 1. The van der Waals surface area contributed by atoms with Gasteiger partial charge in [0.1, 0.15) is 17.2 Å². The number of ether oxygens (including phenoxy) is 1. The molecule has 0 aliphatic heterocycles. The fourth-order valence-corrected chi connectivity index (χ4v) is 3.00. The first-order valence-electron chi connectivity index (χ1n) is 8.49. The van der Waals surface area contributed by atoms with Gasteiger partial charge in [0.15, 0.2) is 0 Å². The van der Waals surface area contributed by atoms with Crippen molar-refractivity contribution < 1.29 is 9.53 Å². The van der Waals surface area contributed by atoms with Crippen molar-refractivity contribution in [1.29, 1.82) is 0 Å². The van der Waals surface area contributed by atoms with Crippen molar-refractivity contribution in [2.24, 2.45) is 0 Å². The zero-order valence-corrected chi connectivity index (χ0v) is 17.0. The molecule has 0 radical (unpaired) electrons. The molecule has 0 fully saturated rings. The van der Waals surface area contributed by atoms with Crippen LogP contribution in [0.4, 0.5) is 11.6 Å². The Kier molecular flexibility index (Phi) is 5.11. The van der Waals surface area contributed by atoms with E-state index in [1.165, 1.54) is 9.77 Å². The summed E-state index contributed by atoms with van der Waals surface area (Å²) in [7, 11) is 1.56. The number of fused-ring (bicyclic) bond motifs is 1. The van der Waals surface area contributed by atoms with E-state index in [0.717, 1.165) is 16.7 Å². The van der Waals surface area contributed by atoms with Crippen LogP contribution in [0.15, 0.2) is 60.8 Å². The first-order valence-corrected chi connectivity index (χ1v) is 9.57. The van der Waals surface area contributed by atoms with Crippen LogP contribution in [0.2, 0.25) is 0 Å². The Bertz CT molecular complexity index is 1140. The van der Waals surface area contributed by atoms with Gasteiger partial charge in [0.2, 0.25) is 5.95 Å². The van der Waals surface area contributed by atoms with Crippen molar-refractivity contribution in [3.63, 3.8) is 0 Å². The molecule has 8 heteroatoms. The lowest BCUT2D eigenvalue weighted by Gasteiger charge is -2.06. The van der Waals surface area contributed by atoms with Gasteiger partial charge in [-0.2, -0.15) is 0 Å². The Morgan fingerprint density at radius 2 is 1.86 bits per heavy atom. The Hall–Kier alpha value is -3.14. The van der Waals surface area contributed by atoms with E-state index in [1.54, 1.807) is 19.2 Å². The molecular formula is C20H16IN5O2. The first kappa shape index (κ1) is 18.2. The summed E-state index contributed by atoms with van der Waals surface area (Å²) in [4.78, 5) is 23.5. The molecule has 7 nitrogen and oxygen atoms in total. The molecule has 4 aromatic rings. The van der Waals surface area contributed by atoms with Crippen LogP contribution in [0, 0.1) is 3.57 Å². The molecule has 3 N–H and O–H groups in total. The van der Waals surface area contributed by atoms with Crippen LogP contribution in [0.25, 0.3) is 11.0 Å². The number of anilines is 2.